The van der Waals surface area contributed by atoms with Crippen LogP contribution < -0.4 is 10.5 Å². The topological polar surface area (TPSA) is 48.1 Å². The van der Waals surface area contributed by atoms with E-state index in [0.29, 0.717) is 5.69 Å². The minimum atomic E-state index is 0.654. The summed E-state index contributed by atoms with van der Waals surface area (Å²) in [6, 6.07) is 11.6. The van der Waals surface area contributed by atoms with Gasteiger partial charge >= 0.3 is 0 Å². The molecule has 2 N–H and O–H groups in total. The molecule has 1 heterocycles. The van der Waals surface area contributed by atoms with Crippen LogP contribution in [-0.4, -0.2) is 4.98 Å². The number of rotatable bonds is 2. The monoisotopic (exact) mass is 342 g/mol. The molecule has 2 aromatic carbocycles. The van der Waals surface area contributed by atoms with Gasteiger partial charge in [-0.2, -0.15) is 0 Å². The summed E-state index contributed by atoms with van der Waals surface area (Å²) >= 11 is 3.57. The Labute approximate surface area is 131 Å². The minimum absolute atomic E-state index is 0.654. The molecule has 0 saturated carbocycles. The standard InChI is InChI=1S/C17H15BrN2O/c1-10-8-12(9-11(2)16(10)18)21-15-6-5-14(19)17-13(15)4-3-7-20-17/h3-9H,19H2,1-2H3. The highest BCUT2D eigenvalue weighted by Gasteiger charge is 2.09. The van der Waals surface area contributed by atoms with Gasteiger partial charge in [-0.05, 0) is 61.4 Å². The van der Waals surface area contributed by atoms with Crippen LogP contribution in [0.25, 0.3) is 10.9 Å². The van der Waals surface area contributed by atoms with Gasteiger partial charge in [0.1, 0.15) is 11.5 Å². The zero-order chi connectivity index (χ0) is 15.0. The van der Waals surface area contributed by atoms with Crippen LogP contribution in [0.2, 0.25) is 0 Å². The Hall–Kier alpha value is -2.07. The molecule has 0 aliphatic carbocycles. The number of anilines is 1. The van der Waals surface area contributed by atoms with E-state index in [4.69, 9.17) is 10.5 Å². The smallest absolute Gasteiger partial charge is 0.136 e. The Morgan fingerprint density at radius 1 is 1.10 bits per heavy atom. The predicted octanol–water partition coefficient (Wildman–Crippen LogP) is 4.99. The quantitative estimate of drug-likeness (QED) is 0.667. The van der Waals surface area contributed by atoms with Crippen molar-refractivity contribution in [2.45, 2.75) is 13.8 Å². The van der Waals surface area contributed by atoms with Crippen molar-refractivity contribution in [2.24, 2.45) is 0 Å². The van der Waals surface area contributed by atoms with Crippen molar-refractivity contribution in [1.29, 1.82) is 0 Å². The lowest BCUT2D eigenvalue weighted by molar-refractivity contribution is 0.487. The number of halogens is 1. The molecule has 3 aromatic rings. The molecule has 1 aromatic heterocycles. The normalized spacial score (nSPS) is 10.8. The van der Waals surface area contributed by atoms with E-state index < -0.39 is 0 Å². The fraction of sp³-hybridized carbons (Fsp3) is 0.118. The third-order valence-electron chi connectivity index (χ3n) is 3.40. The first-order valence-corrected chi connectivity index (χ1v) is 7.43. The number of fused-ring (bicyclic) bond motifs is 1. The lowest BCUT2D eigenvalue weighted by Crippen LogP contribution is -1.93. The van der Waals surface area contributed by atoms with E-state index >= 15 is 0 Å². The van der Waals surface area contributed by atoms with Crippen molar-refractivity contribution in [3.63, 3.8) is 0 Å². The minimum Gasteiger partial charge on any atom is -0.457 e. The fourth-order valence-electron chi connectivity index (χ4n) is 2.35. The SMILES string of the molecule is Cc1cc(Oc2ccc(N)c3ncccc23)cc(C)c1Br. The molecular weight excluding hydrogens is 328 g/mol. The second-order valence-corrected chi connectivity index (χ2v) is 5.82. The van der Waals surface area contributed by atoms with Crippen LogP contribution >= 0.6 is 15.9 Å². The molecule has 4 heteroatoms. The van der Waals surface area contributed by atoms with Gasteiger partial charge in [0.15, 0.2) is 0 Å². The maximum atomic E-state index is 6.05. The van der Waals surface area contributed by atoms with E-state index in [2.05, 4.69) is 20.9 Å². The Balaban J connectivity index is 2.09. The second-order valence-electron chi connectivity index (χ2n) is 5.03. The molecule has 0 radical (unpaired) electrons. The predicted molar refractivity (Wildman–Crippen MR) is 89.8 cm³/mol. The van der Waals surface area contributed by atoms with Gasteiger partial charge in [0.25, 0.3) is 0 Å². The second kappa shape index (κ2) is 5.37. The van der Waals surface area contributed by atoms with Gasteiger partial charge in [0.05, 0.1) is 11.2 Å². The summed E-state index contributed by atoms with van der Waals surface area (Å²) in [6.07, 6.45) is 1.73. The van der Waals surface area contributed by atoms with Crippen molar-refractivity contribution in [3.05, 3.63) is 58.2 Å². The highest BCUT2D eigenvalue weighted by atomic mass is 79.9. The number of hydrogen-bond donors (Lipinski definition) is 1. The Morgan fingerprint density at radius 2 is 1.81 bits per heavy atom. The summed E-state index contributed by atoms with van der Waals surface area (Å²) < 4.78 is 7.16. The number of nitrogens with zero attached hydrogens (tertiary/aromatic N) is 1. The Bertz CT molecular complexity index is 807. The van der Waals surface area contributed by atoms with Crippen LogP contribution in [0.4, 0.5) is 5.69 Å². The Morgan fingerprint density at radius 3 is 2.52 bits per heavy atom. The molecule has 0 fully saturated rings. The first kappa shape index (κ1) is 13.9. The average Bonchev–Trinajstić information content (AvgIpc) is 2.48. The molecule has 0 atom stereocenters. The molecule has 0 unspecified atom stereocenters. The third-order valence-corrected chi connectivity index (χ3v) is 4.65. The van der Waals surface area contributed by atoms with Gasteiger partial charge in [-0.3, -0.25) is 4.98 Å². The van der Waals surface area contributed by atoms with Crippen molar-refractivity contribution < 1.29 is 4.74 Å². The summed E-state index contributed by atoms with van der Waals surface area (Å²) in [4.78, 5) is 4.32. The van der Waals surface area contributed by atoms with Gasteiger partial charge in [-0.15, -0.1) is 0 Å². The number of hydrogen-bond acceptors (Lipinski definition) is 3. The van der Waals surface area contributed by atoms with Crippen LogP contribution in [-0.2, 0) is 0 Å². The maximum absolute atomic E-state index is 6.05. The summed E-state index contributed by atoms with van der Waals surface area (Å²) in [5, 5.41) is 0.913. The van der Waals surface area contributed by atoms with Crippen LogP contribution in [0.15, 0.2) is 47.1 Å². The molecular formula is C17H15BrN2O. The summed E-state index contributed by atoms with van der Waals surface area (Å²) in [6.45, 7) is 4.10. The van der Waals surface area contributed by atoms with Gasteiger partial charge in [-0.1, -0.05) is 15.9 Å². The van der Waals surface area contributed by atoms with Crippen molar-refractivity contribution in [2.75, 3.05) is 5.73 Å². The Kier molecular flexibility index (Phi) is 3.55. The number of benzene rings is 2. The number of nitrogens with two attached hydrogens (primary N) is 1. The zero-order valence-corrected chi connectivity index (χ0v) is 13.4. The van der Waals surface area contributed by atoms with Gasteiger partial charge < -0.3 is 10.5 Å². The number of aromatic nitrogens is 1. The summed E-state index contributed by atoms with van der Waals surface area (Å²) in [5.41, 5.74) is 9.66. The highest BCUT2D eigenvalue weighted by molar-refractivity contribution is 9.10. The van der Waals surface area contributed by atoms with Crippen molar-refractivity contribution >= 4 is 32.5 Å². The van der Waals surface area contributed by atoms with E-state index in [1.54, 1.807) is 6.20 Å². The van der Waals surface area contributed by atoms with E-state index in [9.17, 15) is 0 Å². The molecule has 0 aliphatic rings. The lowest BCUT2D eigenvalue weighted by Gasteiger charge is -2.12. The highest BCUT2D eigenvalue weighted by Crippen LogP contribution is 2.34. The van der Waals surface area contributed by atoms with Gasteiger partial charge in [0.2, 0.25) is 0 Å². The molecule has 21 heavy (non-hydrogen) atoms. The molecule has 0 aliphatic heterocycles. The third kappa shape index (κ3) is 2.59. The van der Waals surface area contributed by atoms with E-state index in [0.717, 1.165) is 38.0 Å². The first-order chi connectivity index (χ1) is 10.1. The molecule has 3 rings (SSSR count). The molecule has 0 spiro atoms. The fourth-order valence-corrected chi connectivity index (χ4v) is 2.58. The average molecular weight is 343 g/mol. The van der Waals surface area contributed by atoms with Gasteiger partial charge in [-0.25, -0.2) is 0 Å². The molecule has 106 valence electrons. The van der Waals surface area contributed by atoms with Crippen LogP contribution in [0.1, 0.15) is 11.1 Å². The molecule has 3 nitrogen and oxygen atoms in total. The van der Waals surface area contributed by atoms with E-state index in [-0.39, 0.29) is 0 Å². The number of ether oxygens (including phenoxy) is 1. The lowest BCUT2D eigenvalue weighted by atomic mass is 10.1. The number of pyridine rings is 1. The van der Waals surface area contributed by atoms with E-state index in [1.165, 1.54) is 0 Å². The van der Waals surface area contributed by atoms with Crippen molar-refractivity contribution in [3.8, 4) is 11.5 Å². The number of nitrogen functional groups attached to an aromatic ring is 1. The van der Waals surface area contributed by atoms with Crippen molar-refractivity contribution in [1.82, 2.24) is 4.98 Å². The van der Waals surface area contributed by atoms with Crippen LogP contribution in [0.3, 0.4) is 0 Å². The van der Waals surface area contributed by atoms with E-state index in [1.807, 2.05) is 50.2 Å². The van der Waals surface area contributed by atoms with Gasteiger partial charge in [0, 0.05) is 16.1 Å². The van der Waals surface area contributed by atoms with Crippen LogP contribution in [0, 0.1) is 13.8 Å². The summed E-state index contributed by atoms with van der Waals surface area (Å²) in [7, 11) is 0. The largest absolute Gasteiger partial charge is 0.457 e. The molecule has 0 amide bonds. The maximum Gasteiger partial charge on any atom is 0.136 e. The summed E-state index contributed by atoms with van der Waals surface area (Å²) in [5.74, 6) is 1.57. The number of aryl methyl sites for hydroxylation is 2. The molecule has 0 saturated heterocycles. The molecule has 0 bridgehead atoms. The van der Waals surface area contributed by atoms with Crippen LogP contribution in [0.5, 0.6) is 11.5 Å². The first-order valence-electron chi connectivity index (χ1n) is 6.64. The zero-order valence-electron chi connectivity index (χ0n) is 11.9.